The first-order valence-corrected chi connectivity index (χ1v) is 21.0. The molecule has 4 nitrogen and oxygen atoms in total. The van der Waals surface area contributed by atoms with Crippen molar-refractivity contribution >= 4 is 88.8 Å². The van der Waals surface area contributed by atoms with Gasteiger partial charge in [0.1, 0.15) is 22.3 Å². The van der Waals surface area contributed by atoms with Crippen LogP contribution in [0.15, 0.2) is 239 Å². The number of anilines is 6. The molecule has 0 aliphatic rings. The summed E-state index contributed by atoms with van der Waals surface area (Å²) in [7, 11) is 0. The molecular formula is C58H38N2O2. The first kappa shape index (κ1) is 35.6. The largest absolute Gasteiger partial charge is 0.456 e. The van der Waals surface area contributed by atoms with Crippen LogP contribution in [0.3, 0.4) is 0 Å². The fourth-order valence-corrected chi connectivity index (χ4v) is 9.15. The lowest BCUT2D eigenvalue weighted by Gasteiger charge is -2.35. The normalized spacial score (nSPS) is 11.5. The van der Waals surface area contributed by atoms with Crippen LogP contribution in [0.2, 0.25) is 0 Å². The monoisotopic (exact) mass is 794 g/mol. The quantitative estimate of drug-likeness (QED) is 0.153. The van der Waals surface area contributed by atoms with E-state index in [2.05, 4.69) is 222 Å². The van der Waals surface area contributed by atoms with Gasteiger partial charge in [0.2, 0.25) is 0 Å². The van der Waals surface area contributed by atoms with Gasteiger partial charge < -0.3 is 18.6 Å². The lowest BCUT2D eigenvalue weighted by Crippen LogP contribution is -2.18. The SMILES string of the molecule is c1ccc(-c2cc(-c3cccc(N(c4ccccc4)c4ccc5oc6ccccc6c5c4)c3N(c3ccccc3)c3ccc4ccccc4c3)cc3c2oc2ccccc23)cc1. The fraction of sp³-hybridized carbons (Fsp3) is 0. The third-order valence-electron chi connectivity index (χ3n) is 12.0. The lowest BCUT2D eigenvalue weighted by atomic mass is 9.93. The van der Waals surface area contributed by atoms with E-state index in [0.717, 1.165) is 100 Å². The summed E-state index contributed by atoms with van der Waals surface area (Å²) in [5.74, 6) is 0. The van der Waals surface area contributed by atoms with Gasteiger partial charge in [0.05, 0.1) is 11.4 Å². The van der Waals surface area contributed by atoms with Crippen molar-refractivity contribution < 1.29 is 8.83 Å². The maximum absolute atomic E-state index is 6.70. The number of hydrogen-bond acceptors (Lipinski definition) is 4. The van der Waals surface area contributed by atoms with Gasteiger partial charge >= 0.3 is 0 Å². The van der Waals surface area contributed by atoms with Gasteiger partial charge in [0.25, 0.3) is 0 Å². The van der Waals surface area contributed by atoms with Gasteiger partial charge in [-0.25, -0.2) is 0 Å². The Morgan fingerprint density at radius 1 is 0.290 bits per heavy atom. The van der Waals surface area contributed by atoms with E-state index in [1.807, 2.05) is 18.2 Å². The minimum absolute atomic E-state index is 0.855. The van der Waals surface area contributed by atoms with Crippen molar-refractivity contribution in [3.05, 3.63) is 231 Å². The summed E-state index contributed by atoms with van der Waals surface area (Å²) in [6.07, 6.45) is 0. The van der Waals surface area contributed by atoms with Crippen LogP contribution in [0, 0.1) is 0 Å². The van der Waals surface area contributed by atoms with E-state index in [-0.39, 0.29) is 0 Å². The summed E-state index contributed by atoms with van der Waals surface area (Å²) in [4.78, 5) is 4.82. The molecule has 0 saturated heterocycles. The molecule has 62 heavy (non-hydrogen) atoms. The highest BCUT2D eigenvalue weighted by molar-refractivity contribution is 6.13. The minimum Gasteiger partial charge on any atom is -0.456 e. The second kappa shape index (κ2) is 14.7. The molecule has 0 radical (unpaired) electrons. The van der Waals surface area contributed by atoms with Gasteiger partial charge in [-0.3, -0.25) is 0 Å². The summed E-state index contributed by atoms with van der Waals surface area (Å²) >= 11 is 0. The standard InChI is InChI=1S/C58H38N2O2/c1-4-18-40(19-5-1)50-36-42(37-52-49-26-13-15-30-55(49)62-58(50)52)47-27-16-28-53(57(47)60(44-23-8-3-9-24-44)45-32-31-39-17-10-11-20-41(39)35-45)59(43-21-6-2-7-22-43)46-33-34-56-51(38-46)48-25-12-14-29-54(48)61-56/h1-38H. The second-order valence-corrected chi connectivity index (χ2v) is 15.7. The molecule has 0 aliphatic heterocycles. The van der Waals surface area contributed by atoms with Crippen LogP contribution in [-0.4, -0.2) is 0 Å². The van der Waals surface area contributed by atoms with Crippen molar-refractivity contribution in [3.63, 3.8) is 0 Å². The molecule has 0 fully saturated rings. The summed E-state index contributed by atoms with van der Waals surface area (Å²) in [5, 5.41) is 6.66. The van der Waals surface area contributed by atoms with Gasteiger partial charge in [0.15, 0.2) is 0 Å². The molecule has 0 saturated carbocycles. The van der Waals surface area contributed by atoms with Crippen LogP contribution in [0.1, 0.15) is 0 Å². The lowest BCUT2D eigenvalue weighted by molar-refractivity contribution is 0.669. The van der Waals surface area contributed by atoms with Crippen molar-refractivity contribution in [3.8, 4) is 22.3 Å². The number of para-hydroxylation sites is 5. The Kier molecular flexibility index (Phi) is 8.46. The predicted molar refractivity (Wildman–Crippen MR) is 259 cm³/mol. The van der Waals surface area contributed by atoms with Crippen LogP contribution in [-0.2, 0) is 0 Å². The maximum atomic E-state index is 6.70. The van der Waals surface area contributed by atoms with Crippen LogP contribution >= 0.6 is 0 Å². The molecule has 10 aromatic carbocycles. The number of nitrogens with zero attached hydrogens (tertiary/aromatic N) is 2. The molecule has 12 aromatic rings. The molecule has 0 unspecified atom stereocenters. The van der Waals surface area contributed by atoms with Crippen LogP contribution in [0.4, 0.5) is 34.1 Å². The van der Waals surface area contributed by atoms with Crippen LogP contribution in [0.5, 0.6) is 0 Å². The molecule has 0 bridgehead atoms. The number of fused-ring (bicyclic) bond motifs is 7. The highest BCUT2D eigenvalue weighted by atomic mass is 16.3. The maximum Gasteiger partial charge on any atom is 0.143 e. The Labute approximate surface area is 358 Å². The van der Waals surface area contributed by atoms with E-state index in [1.54, 1.807) is 0 Å². The van der Waals surface area contributed by atoms with Gasteiger partial charge in [-0.2, -0.15) is 0 Å². The zero-order valence-corrected chi connectivity index (χ0v) is 33.7. The van der Waals surface area contributed by atoms with Crippen LogP contribution < -0.4 is 9.80 Å². The molecule has 292 valence electrons. The van der Waals surface area contributed by atoms with Gasteiger partial charge in [-0.1, -0.05) is 146 Å². The molecule has 2 heterocycles. The average molecular weight is 795 g/mol. The Morgan fingerprint density at radius 2 is 0.871 bits per heavy atom. The summed E-state index contributed by atoms with van der Waals surface area (Å²) in [6, 6.07) is 81.9. The molecule has 2 aromatic heterocycles. The van der Waals surface area contributed by atoms with E-state index in [0.29, 0.717) is 0 Å². The zero-order valence-electron chi connectivity index (χ0n) is 33.7. The topological polar surface area (TPSA) is 32.8 Å². The van der Waals surface area contributed by atoms with Crippen molar-refractivity contribution in [2.75, 3.05) is 9.80 Å². The fourth-order valence-electron chi connectivity index (χ4n) is 9.15. The number of hydrogen-bond donors (Lipinski definition) is 0. The molecular weight excluding hydrogens is 757 g/mol. The molecule has 0 N–H and O–H groups in total. The Balaban J connectivity index is 1.20. The van der Waals surface area contributed by atoms with E-state index < -0.39 is 0 Å². The third kappa shape index (κ3) is 6.00. The molecule has 0 aliphatic carbocycles. The second-order valence-electron chi connectivity index (χ2n) is 15.7. The Morgan fingerprint density at radius 3 is 1.63 bits per heavy atom. The number of rotatable bonds is 8. The van der Waals surface area contributed by atoms with E-state index in [1.165, 1.54) is 10.8 Å². The predicted octanol–water partition coefficient (Wildman–Crippen LogP) is 16.9. The molecule has 4 heteroatoms. The molecule has 12 rings (SSSR count). The Hall–Kier alpha value is -8.34. The van der Waals surface area contributed by atoms with E-state index >= 15 is 0 Å². The Bertz CT molecular complexity index is 3590. The molecule has 0 spiro atoms. The van der Waals surface area contributed by atoms with Crippen molar-refractivity contribution in [2.24, 2.45) is 0 Å². The van der Waals surface area contributed by atoms with Crippen molar-refractivity contribution in [1.29, 1.82) is 0 Å². The summed E-state index contributed by atoms with van der Waals surface area (Å²) < 4.78 is 13.1. The molecule has 0 atom stereocenters. The van der Waals surface area contributed by atoms with E-state index in [9.17, 15) is 0 Å². The highest BCUT2D eigenvalue weighted by Crippen LogP contribution is 2.52. The average Bonchev–Trinajstić information content (AvgIpc) is 3.91. The number of benzene rings is 10. The van der Waals surface area contributed by atoms with Crippen molar-refractivity contribution in [2.45, 2.75) is 0 Å². The first-order chi connectivity index (χ1) is 30.7. The van der Waals surface area contributed by atoms with Crippen LogP contribution in [0.25, 0.3) is 76.9 Å². The van der Waals surface area contributed by atoms with Crippen molar-refractivity contribution in [1.82, 2.24) is 0 Å². The van der Waals surface area contributed by atoms with Gasteiger partial charge in [-0.15, -0.1) is 0 Å². The molecule has 0 amide bonds. The number of furan rings is 2. The summed E-state index contributed by atoms with van der Waals surface area (Å²) in [5.41, 5.74) is 13.9. The first-order valence-electron chi connectivity index (χ1n) is 21.0. The van der Waals surface area contributed by atoms with Gasteiger partial charge in [-0.05, 0) is 107 Å². The zero-order chi connectivity index (χ0) is 41.0. The smallest absolute Gasteiger partial charge is 0.143 e. The van der Waals surface area contributed by atoms with Gasteiger partial charge in [0, 0.05) is 55.4 Å². The van der Waals surface area contributed by atoms with E-state index in [4.69, 9.17) is 8.83 Å². The minimum atomic E-state index is 0.855. The highest BCUT2D eigenvalue weighted by Gasteiger charge is 2.27. The summed E-state index contributed by atoms with van der Waals surface area (Å²) in [6.45, 7) is 0. The third-order valence-corrected chi connectivity index (χ3v) is 12.0.